The van der Waals surface area contributed by atoms with Crippen LogP contribution in [0.2, 0.25) is 5.02 Å². The molecule has 2 fully saturated rings. The Hall–Kier alpha value is -2.94. The van der Waals surface area contributed by atoms with Crippen molar-refractivity contribution in [3.63, 3.8) is 0 Å². The molecule has 1 aromatic carbocycles. The third-order valence-corrected chi connectivity index (χ3v) is 6.94. The highest BCUT2D eigenvalue weighted by molar-refractivity contribution is 6.34. The molecule has 1 aliphatic carbocycles. The molecule has 1 aliphatic heterocycles. The number of nitrogens with zero attached hydrogens (tertiary/aromatic N) is 2. The number of primary amides is 1. The Morgan fingerprint density at radius 1 is 1.31 bits per heavy atom. The predicted molar refractivity (Wildman–Crippen MR) is 117 cm³/mol. The number of amides is 3. The molecule has 1 saturated carbocycles. The number of carbonyl (C=O) groups is 3. The normalized spacial score (nSPS) is 23.4. The van der Waals surface area contributed by atoms with Crippen molar-refractivity contribution in [3.8, 4) is 0 Å². The van der Waals surface area contributed by atoms with Crippen molar-refractivity contribution >= 4 is 35.0 Å². The smallest absolute Gasteiger partial charge is 0.272 e. The number of H-pyrrole nitrogens is 1. The highest BCUT2D eigenvalue weighted by Gasteiger charge is 2.47. The lowest BCUT2D eigenvalue weighted by Crippen LogP contribution is -2.52. The number of nitrogens with two attached hydrogens (primary N) is 1. The first-order chi connectivity index (χ1) is 15.2. The third kappa shape index (κ3) is 3.97. The van der Waals surface area contributed by atoms with Crippen molar-refractivity contribution in [2.45, 2.75) is 51.5 Å². The molecule has 2 aliphatic rings. The molecule has 10 heteroatoms. The minimum Gasteiger partial charge on any atom is -0.364 e. The van der Waals surface area contributed by atoms with Gasteiger partial charge in [0.25, 0.3) is 11.8 Å². The number of anilines is 1. The number of halogens is 2. The standard InChI is InChI=1S/C22H25ClFN5O3/c1-12-9-16(14(23)10-15(12)24)29-8-2-5-22(21(29)32)6-3-13(4-7-22)28-20(31)18-17(19(25)30)26-11-27-18/h9-11,13H,2-8H2,1H3,(H2,25,30)(H,26,27)(H,28,31)/t13-,22+. The first-order valence-electron chi connectivity index (χ1n) is 10.6. The van der Waals surface area contributed by atoms with Crippen LogP contribution in [0.15, 0.2) is 18.5 Å². The molecular formula is C22H25ClFN5O3. The second-order valence-electron chi connectivity index (χ2n) is 8.63. The van der Waals surface area contributed by atoms with Gasteiger partial charge in [0.1, 0.15) is 11.5 Å². The monoisotopic (exact) mass is 461 g/mol. The van der Waals surface area contributed by atoms with E-state index >= 15 is 0 Å². The Bertz CT molecular complexity index is 1080. The summed E-state index contributed by atoms with van der Waals surface area (Å²) in [5.74, 6) is -1.61. The van der Waals surface area contributed by atoms with Gasteiger partial charge in [0.2, 0.25) is 5.91 Å². The van der Waals surface area contributed by atoms with E-state index in [0.717, 1.165) is 12.8 Å². The number of piperidine rings is 1. The number of aryl methyl sites for hydroxylation is 1. The number of nitrogens with one attached hydrogen (secondary N) is 2. The Labute approximate surface area is 189 Å². The highest BCUT2D eigenvalue weighted by Crippen LogP contribution is 2.46. The molecule has 3 amide bonds. The number of hydrogen-bond acceptors (Lipinski definition) is 4. The second-order valence-corrected chi connectivity index (χ2v) is 9.04. The fourth-order valence-electron chi connectivity index (χ4n) is 4.84. The zero-order chi connectivity index (χ0) is 23.0. The van der Waals surface area contributed by atoms with E-state index in [0.29, 0.717) is 43.5 Å². The van der Waals surface area contributed by atoms with Gasteiger partial charge in [-0.3, -0.25) is 14.4 Å². The van der Waals surface area contributed by atoms with Crippen molar-refractivity contribution in [3.05, 3.63) is 46.3 Å². The number of aromatic nitrogens is 2. The van der Waals surface area contributed by atoms with E-state index in [9.17, 15) is 18.8 Å². The van der Waals surface area contributed by atoms with Gasteiger partial charge in [-0.25, -0.2) is 9.37 Å². The number of aromatic amines is 1. The summed E-state index contributed by atoms with van der Waals surface area (Å²) in [6.45, 7) is 2.19. The molecule has 8 nitrogen and oxygen atoms in total. The van der Waals surface area contributed by atoms with E-state index in [-0.39, 0.29) is 28.4 Å². The minimum atomic E-state index is -0.752. The van der Waals surface area contributed by atoms with E-state index < -0.39 is 23.0 Å². The summed E-state index contributed by atoms with van der Waals surface area (Å²) in [5, 5.41) is 3.13. The van der Waals surface area contributed by atoms with Crippen LogP contribution >= 0.6 is 11.6 Å². The van der Waals surface area contributed by atoms with Crippen LogP contribution in [0, 0.1) is 18.2 Å². The number of hydrogen-bond donors (Lipinski definition) is 3. The topological polar surface area (TPSA) is 121 Å². The fourth-order valence-corrected chi connectivity index (χ4v) is 5.09. The van der Waals surface area contributed by atoms with Crippen LogP contribution in [0.3, 0.4) is 0 Å². The molecule has 1 aromatic heterocycles. The van der Waals surface area contributed by atoms with Crippen LogP contribution in [0.5, 0.6) is 0 Å². The molecule has 170 valence electrons. The summed E-state index contributed by atoms with van der Waals surface area (Å²) in [5.41, 5.74) is 5.68. The van der Waals surface area contributed by atoms with Crippen molar-refractivity contribution in [2.75, 3.05) is 11.4 Å². The van der Waals surface area contributed by atoms with Gasteiger partial charge in [0.05, 0.1) is 17.0 Å². The highest BCUT2D eigenvalue weighted by atomic mass is 35.5. The zero-order valence-corrected chi connectivity index (χ0v) is 18.5. The van der Waals surface area contributed by atoms with Gasteiger partial charge < -0.3 is 20.9 Å². The molecule has 2 aromatic rings. The molecule has 0 unspecified atom stereocenters. The molecule has 2 heterocycles. The SMILES string of the molecule is Cc1cc(N2CCC[C@]3(CC[C@H](NC(=O)c4nc[nH]c4C(N)=O)CC3)C2=O)c(Cl)cc1F. The molecule has 4 rings (SSSR count). The van der Waals surface area contributed by atoms with Gasteiger partial charge in [-0.2, -0.15) is 0 Å². The number of imidazole rings is 1. The average Bonchev–Trinajstić information content (AvgIpc) is 3.25. The van der Waals surface area contributed by atoms with Crippen molar-refractivity contribution in [1.82, 2.24) is 15.3 Å². The van der Waals surface area contributed by atoms with Gasteiger partial charge in [-0.15, -0.1) is 0 Å². The van der Waals surface area contributed by atoms with E-state index in [1.54, 1.807) is 17.9 Å². The summed E-state index contributed by atoms with van der Waals surface area (Å²) < 4.78 is 13.8. The second kappa shape index (κ2) is 8.54. The molecule has 4 N–H and O–H groups in total. The average molecular weight is 462 g/mol. The lowest BCUT2D eigenvalue weighted by atomic mass is 9.67. The maximum Gasteiger partial charge on any atom is 0.272 e. The van der Waals surface area contributed by atoms with Crippen molar-refractivity contribution < 1.29 is 18.8 Å². The van der Waals surface area contributed by atoms with Gasteiger partial charge >= 0.3 is 0 Å². The number of carbonyl (C=O) groups excluding carboxylic acids is 3. The quantitative estimate of drug-likeness (QED) is 0.647. The van der Waals surface area contributed by atoms with Gasteiger partial charge in [0.15, 0.2) is 5.69 Å². The lowest BCUT2D eigenvalue weighted by Gasteiger charge is -2.45. The van der Waals surface area contributed by atoms with Crippen LogP contribution in [-0.4, -0.2) is 40.3 Å². The first-order valence-corrected chi connectivity index (χ1v) is 11.0. The first kappa shape index (κ1) is 22.3. The largest absolute Gasteiger partial charge is 0.364 e. The van der Waals surface area contributed by atoms with E-state index in [4.69, 9.17) is 17.3 Å². The third-order valence-electron chi connectivity index (χ3n) is 6.63. The molecule has 0 radical (unpaired) electrons. The van der Waals surface area contributed by atoms with Crippen LogP contribution in [-0.2, 0) is 4.79 Å². The van der Waals surface area contributed by atoms with Crippen molar-refractivity contribution in [2.24, 2.45) is 11.1 Å². The molecule has 0 bridgehead atoms. The van der Waals surface area contributed by atoms with Crippen LogP contribution in [0.25, 0.3) is 0 Å². The summed E-state index contributed by atoms with van der Waals surface area (Å²) in [6.07, 6.45) is 5.33. The fraction of sp³-hybridized carbons (Fsp3) is 0.455. The Kier molecular flexibility index (Phi) is 5.94. The molecule has 32 heavy (non-hydrogen) atoms. The Morgan fingerprint density at radius 2 is 2.03 bits per heavy atom. The lowest BCUT2D eigenvalue weighted by molar-refractivity contribution is -0.132. The maximum atomic E-state index is 13.8. The predicted octanol–water partition coefficient (Wildman–Crippen LogP) is 3.10. The molecular weight excluding hydrogens is 437 g/mol. The summed E-state index contributed by atoms with van der Waals surface area (Å²) in [4.78, 5) is 45.6. The minimum absolute atomic E-state index is 0.00440. The van der Waals surface area contributed by atoms with E-state index in [1.165, 1.54) is 12.4 Å². The van der Waals surface area contributed by atoms with Crippen molar-refractivity contribution in [1.29, 1.82) is 0 Å². The van der Waals surface area contributed by atoms with Gasteiger partial charge in [-0.1, -0.05) is 11.6 Å². The van der Waals surface area contributed by atoms with Crippen LogP contribution in [0.1, 0.15) is 65.1 Å². The Balaban J connectivity index is 1.45. The molecule has 0 atom stereocenters. The summed E-state index contributed by atoms with van der Waals surface area (Å²) >= 11 is 6.27. The van der Waals surface area contributed by atoms with E-state index in [1.807, 2.05) is 0 Å². The summed E-state index contributed by atoms with van der Waals surface area (Å²) in [6, 6.07) is 2.74. The molecule has 1 saturated heterocycles. The number of benzene rings is 1. The zero-order valence-electron chi connectivity index (χ0n) is 17.7. The van der Waals surface area contributed by atoms with Crippen LogP contribution in [0.4, 0.5) is 10.1 Å². The molecule has 1 spiro atoms. The Morgan fingerprint density at radius 3 is 2.72 bits per heavy atom. The summed E-state index contributed by atoms with van der Waals surface area (Å²) in [7, 11) is 0. The van der Waals surface area contributed by atoms with Gasteiger partial charge in [-0.05, 0) is 63.1 Å². The maximum absolute atomic E-state index is 13.8. The van der Waals surface area contributed by atoms with E-state index in [2.05, 4.69) is 15.3 Å². The van der Waals surface area contributed by atoms with Crippen LogP contribution < -0.4 is 16.0 Å². The van der Waals surface area contributed by atoms with Gasteiger partial charge in [0, 0.05) is 18.0 Å². The number of rotatable bonds is 4.